The van der Waals surface area contributed by atoms with Gasteiger partial charge >= 0.3 is 0 Å². The normalized spacial score (nSPS) is 18.4. The Morgan fingerprint density at radius 1 is 1.43 bits per heavy atom. The molecule has 23 heavy (non-hydrogen) atoms. The van der Waals surface area contributed by atoms with Crippen molar-refractivity contribution in [2.75, 3.05) is 0 Å². The van der Waals surface area contributed by atoms with Crippen LogP contribution in [0, 0.1) is 22.0 Å². The van der Waals surface area contributed by atoms with E-state index >= 15 is 0 Å². The van der Waals surface area contributed by atoms with E-state index in [4.69, 9.17) is 12.2 Å². The Labute approximate surface area is 148 Å². The van der Waals surface area contributed by atoms with Crippen molar-refractivity contribution < 1.29 is 0 Å². The maximum atomic E-state index is 5.44. The van der Waals surface area contributed by atoms with Crippen LogP contribution in [0.3, 0.4) is 0 Å². The summed E-state index contributed by atoms with van der Waals surface area (Å²) in [5, 5.41) is 9.82. The van der Waals surface area contributed by atoms with Crippen molar-refractivity contribution in [3.63, 3.8) is 0 Å². The Bertz CT molecular complexity index is 743. The molecule has 0 radical (unpaired) electrons. The van der Waals surface area contributed by atoms with Crippen LogP contribution in [-0.4, -0.2) is 14.8 Å². The van der Waals surface area contributed by atoms with Crippen LogP contribution in [0.1, 0.15) is 51.5 Å². The van der Waals surface area contributed by atoms with Crippen LogP contribution in [0.15, 0.2) is 5.38 Å². The van der Waals surface area contributed by atoms with E-state index in [-0.39, 0.29) is 0 Å². The second-order valence-electron chi connectivity index (χ2n) is 8.21. The predicted octanol–water partition coefficient (Wildman–Crippen LogP) is 5.48. The maximum Gasteiger partial charge on any atom is 0.195 e. The van der Waals surface area contributed by atoms with Gasteiger partial charge in [-0.2, -0.15) is 5.10 Å². The van der Waals surface area contributed by atoms with Crippen molar-refractivity contribution in [2.24, 2.45) is 17.3 Å². The van der Waals surface area contributed by atoms with Gasteiger partial charge in [-0.1, -0.05) is 34.6 Å². The molecule has 0 aliphatic heterocycles. The third-order valence-electron chi connectivity index (χ3n) is 4.93. The van der Waals surface area contributed by atoms with Gasteiger partial charge in [-0.3, -0.25) is 9.67 Å². The first-order chi connectivity index (χ1) is 10.8. The molecule has 3 rings (SSSR count). The molecule has 1 atom stereocenters. The molecule has 0 fully saturated rings. The van der Waals surface area contributed by atoms with Crippen LogP contribution < -0.4 is 0 Å². The van der Waals surface area contributed by atoms with Crippen molar-refractivity contribution >= 4 is 23.6 Å². The van der Waals surface area contributed by atoms with Crippen molar-refractivity contribution in [2.45, 2.75) is 60.4 Å². The Balaban J connectivity index is 1.96. The third-order valence-corrected chi connectivity index (χ3v) is 6.29. The van der Waals surface area contributed by atoms with Crippen molar-refractivity contribution in [3.8, 4) is 11.4 Å². The summed E-state index contributed by atoms with van der Waals surface area (Å²) in [5.74, 6) is 2.35. The van der Waals surface area contributed by atoms with E-state index in [1.54, 1.807) is 4.88 Å². The number of thiophene rings is 1. The highest BCUT2D eigenvalue weighted by Gasteiger charge is 2.31. The molecule has 0 amide bonds. The first kappa shape index (κ1) is 16.9. The lowest BCUT2D eigenvalue weighted by Crippen LogP contribution is -2.26. The Morgan fingerprint density at radius 3 is 2.83 bits per heavy atom. The van der Waals surface area contributed by atoms with Gasteiger partial charge in [0.1, 0.15) is 0 Å². The molecular formula is C18H27N3S2. The fourth-order valence-corrected chi connectivity index (χ4v) is 4.86. The zero-order valence-corrected chi connectivity index (χ0v) is 16.4. The highest BCUT2D eigenvalue weighted by atomic mass is 32.1. The smallest absolute Gasteiger partial charge is 0.195 e. The molecule has 0 unspecified atom stereocenters. The van der Waals surface area contributed by atoms with Crippen molar-refractivity contribution in [3.05, 3.63) is 20.6 Å². The van der Waals surface area contributed by atoms with E-state index in [1.165, 1.54) is 24.0 Å². The van der Waals surface area contributed by atoms with Gasteiger partial charge in [0, 0.05) is 22.4 Å². The summed E-state index contributed by atoms with van der Waals surface area (Å²) >= 11 is 7.34. The number of fused-ring (bicyclic) bond motifs is 1. The molecule has 1 aliphatic carbocycles. The van der Waals surface area contributed by atoms with Crippen LogP contribution in [0.25, 0.3) is 11.4 Å². The van der Waals surface area contributed by atoms with Gasteiger partial charge in [0.2, 0.25) is 0 Å². The number of hydrogen-bond donors (Lipinski definition) is 1. The molecule has 0 saturated carbocycles. The first-order valence-corrected chi connectivity index (χ1v) is 9.81. The van der Waals surface area contributed by atoms with E-state index in [0.717, 1.165) is 29.5 Å². The summed E-state index contributed by atoms with van der Waals surface area (Å²) < 4.78 is 2.90. The number of H-pyrrole nitrogens is 1. The molecule has 3 nitrogen and oxygen atoms in total. The second kappa shape index (κ2) is 6.17. The molecule has 0 aromatic carbocycles. The predicted molar refractivity (Wildman–Crippen MR) is 101 cm³/mol. The molecule has 0 saturated heterocycles. The SMILES string of the molecule is CC(C)Cn1c(-c2csc3c2CC[C@H](C(C)(C)C)C3)n[nH]c1=S. The van der Waals surface area contributed by atoms with Crippen LogP contribution in [0.2, 0.25) is 0 Å². The van der Waals surface area contributed by atoms with E-state index in [0.29, 0.717) is 11.3 Å². The monoisotopic (exact) mass is 349 g/mol. The zero-order chi connectivity index (χ0) is 16.8. The molecule has 0 spiro atoms. The average molecular weight is 350 g/mol. The highest BCUT2D eigenvalue weighted by Crippen LogP contribution is 2.42. The second-order valence-corrected chi connectivity index (χ2v) is 9.56. The van der Waals surface area contributed by atoms with Gasteiger partial charge in [-0.05, 0) is 54.3 Å². The lowest BCUT2D eigenvalue weighted by Gasteiger charge is -2.34. The summed E-state index contributed by atoms with van der Waals surface area (Å²) in [6.07, 6.45) is 3.64. The first-order valence-electron chi connectivity index (χ1n) is 8.52. The van der Waals surface area contributed by atoms with Crippen molar-refractivity contribution in [1.82, 2.24) is 14.8 Å². The van der Waals surface area contributed by atoms with Gasteiger partial charge in [0.25, 0.3) is 0 Å². The minimum absolute atomic E-state index is 0.388. The number of nitrogens with one attached hydrogen (secondary N) is 1. The standard InChI is InChI=1S/C18H27N3S2/c1-11(2)9-21-16(19-20-17(21)22)14-10-23-15-8-12(18(3,4)5)6-7-13(14)15/h10-12H,6-9H2,1-5H3,(H,20,22)/t12-/m0/s1. The highest BCUT2D eigenvalue weighted by molar-refractivity contribution is 7.71. The van der Waals surface area contributed by atoms with Gasteiger partial charge < -0.3 is 0 Å². The largest absolute Gasteiger partial charge is 0.300 e. The number of hydrogen-bond acceptors (Lipinski definition) is 3. The van der Waals surface area contributed by atoms with Crippen molar-refractivity contribution in [1.29, 1.82) is 0 Å². The fraction of sp³-hybridized carbons (Fsp3) is 0.667. The quantitative estimate of drug-likeness (QED) is 0.745. The molecular weight excluding hydrogens is 322 g/mol. The van der Waals surface area contributed by atoms with Gasteiger partial charge in [0.15, 0.2) is 10.6 Å². The summed E-state index contributed by atoms with van der Waals surface area (Å²) in [6.45, 7) is 12.5. The molecule has 0 bridgehead atoms. The average Bonchev–Trinajstić information content (AvgIpc) is 3.01. The lowest BCUT2D eigenvalue weighted by molar-refractivity contribution is 0.218. The van der Waals surface area contributed by atoms with E-state index < -0.39 is 0 Å². The third kappa shape index (κ3) is 3.31. The van der Waals surface area contributed by atoms with Crippen LogP contribution >= 0.6 is 23.6 Å². The van der Waals surface area contributed by atoms with Crippen LogP contribution in [0.4, 0.5) is 0 Å². The summed E-state index contributed by atoms with van der Waals surface area (Å²) in [5.41, 5.74) is 3.19. The maximum absolute atomic E-state index is 5.44. The molecule has 2 heterocycles. The Kier molecular flexibility index (Phi) is 4.53. The molecule has 5 heteroatoms. The van der Waals surface area contributed by atoms with E-state index in [2.05, 4.69) is 54.8 Å². The molecule has 1 N–H and O–H groups in total. The lowest BCUT2D eigenvalue weighted by atomic mass is 9.72. The molecule has 2 aromatic heterocycles. The summed E-state index contributed by atoms with van der Waals surface area (Å²) in [6, 6.07) is 0. The van der Waals surface area contributed by atoms with Crippen LogP contribution in [0.5, 0.6) is 0 Å². The minimum Gasteiger partial charge on any atom is -0.300 e. The van der Waals surface area contributed by atoms with Gasteiger partial charge in [-0.15, -0.1) is 11.3 Å². The van der Waals surface area contributed by atoms with Crippen LogP contribution in [-0.2, 0) is 19.4 Å². The number of nitrogens with zero attached hydrogens (tertiary/aromatic N) is 2. The molecule has 126 valence electrons. The van der Waals surface area contributed by atoms with E-state index in [9.17, 15) is 0 Å². The number of aromatic nitrogens is 3. The number of aromatic amines is 1. The van der Waals surface area contributed by atoms with E-state index in [1.807, 2.05) is 11.3 Å². The minimum atomic E-state index is 0.388. The molecule has 1 aliphatic rings. The number of rotatable bonds is 3. The Morgan fingerprint density at radius 2 is 2.17 bits per heavy atom. The molecule has 2 aromatic rings. The Hall–Kier alpha value is -0.940. The van der Waals surface area contributed by atoms with Gasteiger partial charge in [0.05, 0.1) is 0 Å². The fourth-order valence-electron chi connectivity index (χ4n) is 3.50. The topological polar surface area (TPSA) is 33.6 Å². The summed E-state index contributed by atoms with van der Waals surface area (Å²) in [7, 11) is 0. The van der Waals surface area contributed by atoms with Gasteiger partial charge in [-0.25, -0.2) is 0 Å². The summed E-state index contributed by atoms with van der Waals surface area (Å²) in [4.78, 5) is 1.55. The zero-order valence-electron chi connectivity index (χ0n) is 14.8.